The SMILES string of the molecule is CC(C)(C)OC(=O)C(NCCCc1ccc(S(=O)(=O)c2cccc(Oc3ccccc3C(=O)O)c2)cc1)[C@H](O)c1cccc(Cl)c1. The first-order valence-electron chi connectivity index (χ1n) is 14.6. The molecule has 0 aromatic heterocycles. The van der Waals surface area contributed by atoms with E-state index in [1.54, 1.807) is 75.4 Å². The first-order valence-corrected chi connectivity index (χ1v) is 16.4. The number of hydrogen-bond donors (Lipinski definition) is 3. The van der Waals surface area contributed by atoms with Crippen LogP contribution in [0, 0.1) is 0 Å². The van der Waals surface area contributed by atoms with Crippen LogP contribution >= 0.6 is 11.6 Å². The lowest BCUT2D eigenvalue weighted by molar-refractivity contribution is -0.160. The summed E-state index contributed by atoms with van der Waals surface area (Å²) in [7, 11) is -3.89. The number of benzene rings is 4. The van der Waals surface area contributed by atoms with Crippen LogP contribution in [0.5, 0.6) is 11.5 Å². The van der Waals surface area contributed by atoms with Crippen LogP contribution in [0.25, 0.3) is 0 Å². The number of carboxylic acid groups (broad SMARTS) is 1. The lowest BCUT2D eigenvalue weighted by Gasteiger charge is -2.27. The van der Waals surface area contributed by atoms with Gasteiger partial charge < -0.3 is 25.0 Å². The molecule has 9 nitrogen and oxygen atoms in total. The fourth-order valence-electron chi connectivity index (χ4n) is 4.66. The Hall–Kier alpha value is -4.22. The molecule has 4 rings (SSSR count). The van der Waals surface area contributed by atoms with E-state index in [0.29, 0.717) is 30.0 Å². The molecule has 46 heavy (non-hydrogen) atoms. The highest BCUT2D eigenvalue weighted by Gasteiger charge is 2.32. The van der Waals surface area contributed by atoms with Gasteiger partial charge in [-0.15, -0.1) is 0 Å². The first-order chi connectivity index (χ1) is 21.7. The van der Waals surface area contributed by atoms with Crippen LogP contribution in [-0.4, -0.2) is 48.8 Å². The molecule has 0 amide bonds. The van der Waals surface area contributed by atoms with Gasteiger partial charge in [-0.05, 0) is 106 Å². The number of halogens is 1. The summed E-state index contributed by atoms with van der Waals surface area (Å²) in [6.07, 6.45) is -0.0208. The third-order valence-electron chi connectivity index (χ3n) is 6.87. The Labute approximate surface area is 273 Å². The predicted octanol–water partition coefficient (Wildman–Crippen LogP) is 6.63. The second-order valence-corrected chi connectivity index (χ2v) is 14.0. The number of para-hydroxylation sites is 1. The largest absolute Gasteiger partial charge is 0.478 e. The van der Waals surface area contributed by atoms with Gasteiger partial charge >= 0.3 is 11.9 Å². The molecule has 0 aliphatic rings. The van der Waals surface area contributed by atoms with Gasteiger partial charge in [-0.3, -0.25) is 4.79 Å². The highest BCUT2D eigenvalue weighted by atomic mass is 35.5. The van der Waals surface area contributed by atoms with Gasteiger partial charge in [0, 0.05) is 5.02 Å². The molecule has 3 N–H and O–H groups in total. The van der Waals surface area contributed by atoms with Gasteiger partial charge in [0.25, 0.3) is 0 Å². The van der Waals surface area contributed by atoms with E-state index in [1.165, 1.54) is 42.5 Å². The minimum Gasteiger partial charge on any atom is -0.478 e. The molecule has 0 fully saturated rings. The van der Waals surface area contributed by atoms with Crippen LogP contribution in [0.4, 0.5) is 0 Å². The number of rotatable bonds is 13. The maximum Gasteiger partial charge on any atom is 0.339 e. The van der Waals surface area contributed by atoms with Crippen LogP contribution in [-0.2, 0) is 25.8 Å². The van der Waals surface area contributed by atoms with E-state index >= 15 is 0 Å². The number of aliphatic hydroxyl groups is 1. The van der Waals surface area contributed by atoms with Crippen molar-refractivity contribution in [2.75, 3.05) is 6.54 Å². The van der Waals surface area contributed by atoms with E-state index in [1.807, 2.05) is 0 Å². The van der Waals surface area contributed by atoms with Gasteiger partial charge in [0.15, 0.2) is 0 Å². The zero-order valence-corrected chi connectivity index (χ0v) is 27.2. The van der Waals surface area contributed by atoms with Gasteiger partial charge in [-0.2, -0.15) is 0 Å². The van der Waals surface area contributed by atoms with Crippen molar-refractivity contribution in [2.24, 2.45) is 0 Å². The highest BCUT2D eigenvalue weighted by molar-refractivity contribution is 7.91. The summed E-state index contributed by atoms with van der Waals surface area (Å²) in [6, 6.07) is 24.1. The van der Waals surface area contributed by atoms with Crippen molar-refractivity contribution in [3.05, 3.63) is 119 Å². The van der Waals surface area contributed by atoms with E-state index in [9.17, 15) is 28.2 Å². The molecule has 0 spiro atoms. The second-order valence-electron chi connectivity index (χ2n) is 11.6. The molecule has 0 aliphatic carbocycles. The number of aryl methyl sites for hydroxylation is 1. The van der Waals surface area contributed by atoms with Crippen molar-refractivity contribution >= 4 is 33.4 Å². The Kier molecular flexibility index (Phi) is 11.2. The average Bonchev–Trinajstić information content (AvgIpc) is 3.00. The van der Waals surface area contributed by atoms with Crippen molar-refractivity contribution in [1.29, 1.82) is 0 Å². The molecular formula is C35H36ClNO8S. The van der Waals surface area contributed by atoms with Crippen LogP contribution < -0.4 is 10.1 Å². The van der Waals surface area contributed by atoms with Crippen LogP contribution in [0.2, 0.25) is 5.02 Å². The number of sulfone groups is 1. The number of esters is 1. The summed E-state index contributed by atoms with van der Waals surface area (Å²) < 4.78 is 38.0. The molecule has 4 aromatic carbocycles. The number of carboxylic acids is 1. The van der Waals surface area contributed by atoms with Crippen molar-refractivity contribution in [1.82, 2.24) is 5.32 Å². The number of carbonyl (C=O) groups is 2. The standard InChI is InChI=1S/C35H36ClNO8S/c1-35(2,3)45-34(41)31(32(38)24-10-6-11-25(36)21-24)37-20-8-9-23-16-18-27(19-17-23)46(42,43)28-13-7-12-26(22-28)44-30-15-5-4-14-29(30)33(39)40/h4-7,10-19,21-22,31-32,37-38H,8-9,20H2,1-3H3,(H,39,40)/t31?,32-/m1/s1. The topological polar surface area (TPSA) is 139 Å². The van der Waals surface area contributed by atoms with Crippen LogP contribution in [0.1, 0.15) is 54.8 Å². The summed E-state index contributed by atoms with van der Waals surface area (Å²) in [5.74, 6) is -1.47. The summed E-state index contributed by atoms with van der Waals surface area (Å²) in [5, 5.41) is 24.0. The summed E-state index contributed by atoms with van der Waals surface area (Å²) >= 11 is 6.09. The van der Waals surface area contributed by atoms with Gasteiger partial charge in [0.05, 0.1) is 9.79 Å². The van der Waals surface area contributed by atoms with Crippen LogP contribution in [0.3, 0.4) is 0 Å². The number of hydrogen-bond acceptors (Lipinski definition) is 8. The Morgan fingerprint density at radius 1 is 0.891 bits per heavy atom. The third kappa shape index (κ3) is 9.17. The van der Waals surface area contributed by atoms with E-state index in [-0.39, 0.29) is 26.9 Å². The van der Waals surface area contributed by atoms with Crippen molar-refractivity contribution < 1.29 is 37.7 Å². The summed E-state index contributed by atoms with van der Waals surface area (Å²) in [4.78, 5) is 24.6. The van der Waals surface area contributed by atoms with Gasteiger partial charge in [-0.25, -0.2) is 13.2 Å². The fraction of sp³-hybridized carbons (Fsp3) is 0.257. The Morgan fingerprint density at radius 2 is 1.59 bits per heavy atom. The van der Waals surface area contributed by atoms with Crippen molar-refractivity contribution in [3.8, 4) is 11.5 Å². The summed E-state index contributed by atoms with van der Waals surface area (Å²) in [6.45, 7) is 5.64. The molecule has 0 heterocycles. The zero-order valence-electron chi connectivity index (χ0n) is 25.6. The lowest BCUT2D eigenvalue weighted by atomic mass is 10.0. The molecule has 1 unspecified atom stereocenters. The predicted molar refractivity (Wildman–Crippen MR) is 174 cm³/mol. The van der Waals surface area contributed by atoms with E-state index < -0.39 is 39.5 Å². The molecule has 0 bridgehead atoms. The van der Waals surface area contributed by atoms with Crippen LogP contribution in [0.15, 0.2) is 107 Å². The smallest absolute Gasteiger partial charge is 0.339 e. The molecule has 242 valence electrons. The molecule has 11 heteroatoms. The minimum atomic E-state index is -3.89. The zero-order chi connectivity index (χ0) is 33.5. The van der Waals surface area contributed by atoms with E-state index in [4.69, 9.17) is 21.1 Å². The first kappa shape index (κ1) is 34.6. The van der Waals surface area contributed by atoms with Gasteiger partial charge in [0.1, 0.15) is 34.8 Å². The summed E-state index contributed by atoms with van der Waals surface area (Å²) in [5.41, 5.74) is 0.578. The molecule has 0 aliphatic heterocycles. The second kappa shape index (κ2) is 14.9. The molecule has 0 saturated heterocycles. The van der Waals surface area contributed by atoms with Gasteiger partial charge in [0.2, 0.25) is 9.84 Å². The average molecular weight is 666 g/mol. The molecule has 0 saturated carbocycles. The fourth-order valence-corrected chi connectivity index (χ4v) is 6.15. The molecule has 0 radical (unpaired) electrons. The maximum absolute atomic E-state index is 13.4. The van der Waals surface area contributed by atoms with Crippen molar-refractivity contribution in [2.45, 2.75) is 61.2 Å². The maximum atomic E-state index is 13.4. The Balaban J connectivity index is 1.40. The van der Waals surface area contributed by atoms with E-state index in [2.05, 4.69) is 5.32 Å². The quantitative estimate of drug-likeness (QED) is 0.106. The minimum absolute atomic E-state index is 0.00111. The molecule has 4 aromatic rings. The highest BCUT2D eigenvalue weighted by Crippen LogP contribution is 2.30. The Bertz CT molecular complexity index is 1790. The Morgan fingerprint density at radius 3 is 2.26 bits per heavy atom. The normalized spacial score (nSPS) is 13.1. The van der Waals surface area contributed by atoms with Gasteiger partial charge in [-0.1, -0.05) is 54.1 Å². The molecule has 2 atom stereocenters. The number of carbonyl (C=O) groups excluding carboxylic acids is 1. The van der Waals surface area contributed by atoms with E-state index in [0.717, 1.165) is 5.56 Å². The number of aliphatic hydroxyl groups excluding tert-OH is 1. The molecular weight excluding hydrogens is 630 g/mol. The third-order valence-corrected chi connectivity index (χ3v) is 8.87. The monoisotopic (exact) mass is 665 g/mol. The number of ether oxygens (including phenoxy) is 2. The number of aromatic carboxylic acids is 1. The lowest BCUT2D eigenvalue weighted by Crippen LogP contribution is -2.45. The van der Waals surface area contributed by atoms with Crippen molar-refractivity contribution in [3.63, 3.8) is 0 Å². The number of nitrogens with one attached hydrogen (secondary N) is 1.